The maximum atomic E-state index is 9.09. The minimum Gasteiger partial charge on any atom is -0.411 e. The molecule has 4 heterocycles. The number of benzene rings is 1. The molecular weight excluding hydrogens is 458 g/mol. The van der Waals surface area contributed by atoms with Gasteiger partial charge in [-0.1, -0.05) is 5.16 Å². The summed E-state index contributed by atoms with van der Waals surface area (Å²) in [5, 5.41) is 22.9. The van der Waals surface area contributed by atoms with Gasteiger partial charge in [-0.25, -0.2) is 0 Å². The van der Waals surface area contributed by atoms with E-state index in [4.69, 9.17) is 5.21 Å². The average Bonchev–Trinajstić information content (AvgIpc) is 3.46. The lowest BCUT2D eigenvalue weighted by atomic mass is 10.2. The normalized spacial score (nSPS) is 16.7. The zero-order valence-corrected chi connectivity index (χ0v) is 20.3. The minimum atomic E-state index is 0. The van der Waals surface area contributed by atoms with Gasteiger partial charge in [0.05, 0.1) is 23.1 Å². The molecule has 1 aliphatic rings. The number of anilines is 1. The summed E-state index contributed by atoms with van der Waals surface area (Å²) >= 11 is 1.55. The van der Waals surface area contributed by atoms with Gasteiger partial charge in [0.2, 0.25) is 0 Å². The molecule has 1 atom stereocenters. The number of pyridine rings is 2. The van der Waals surface area contributed by atoms with E-state index < -0.39 is 0 Å². The third-order valence-electron chi connectivity index (χ3n) is 6.05. The van der Waals surface area contributed by atoms with E-state index in [0.717, 1.165) is 45.3 Å². The molecule has 3 aromatic heterocycles. The van der Waals surface area contributed by atoms with Crippen molar-refractivity contribution in [2.24, 2.45) is 5.16 Å². The fourth-order valence-electron chi connectivity index (χ4n) is 4.05. The second-order valence-electron chi connectivity index (χ2n) is 8.32. The molecule has 0 spiro atoms. The highest BCUT2D eigenvalue weighted by atomic mass is 35.5. The maximum absolute atomic E-state index is 9.09. The van der Waals surface area contributed by atoms with Crippen LogP contribution in [0.2, 0.25) is 0 Å². The Bertz CT molecular complexity index is 1320. The molecule has 8 nitrogen and oxygen atoms in total. The van der Waals surface area contributed by atoms with E-state index >= 15 is 0 Å². The van der Waals surface area contributed by atoms with Gasteiger partial charge in [-0.3, -0.25) is 9.38 Å². The van der Waals surface area contributed by atoms with Gasteiger partial charge in [0, 0.05) is 41.2 Å². The summed E-state index contributed by atoms with van der Waals surface area (Å²) in [4.78, 5) is 10.5. The van der Waals surface area contributed by atoms with Crippen molar-refractivity contribution in [3.05, 3.63) is 54.4 Å². The highest BCUT2D eigenvalue weighted by Gasteiger charge is 2.24. The standard InChI is InChI=1S/C23H25N7OS.ClH/c1-15(27-31)16-4-7-22-25-26-23(30(22)13-16)32-20-5-6-21-17(11-20)10-19(12-24-21)29-9-8-18(14-29)28(2)3;/h4-7,10-13,18,31H,8-9,14H2,1-3H3;1H/b27-15-;/t18-;/m0./s1. The molecule has 0 bridgehead atoms. The van der Waals surface area contributed by atoms with Crippen LogP contribution in [0.1, 0.15) is 18.9 Å². The van der Waals surface area contributed by atoms with E-state index in [1.54, 1.807) is 18.7 Å². The van der Waals surface area contributed by atoms with Gasteiger partial charge in [-0.05, 0) is 75.6 Å². The van der Waals surface area contributed by atoms with Crippen LogP contribution in [0.25, 0.3) is 16.6 Å². The summed E-state index contributed by atoms with van der Waals surface area (Å²) in [6.45, 7) is 3.84. The number of halogens is 1. The van der Waals surface area contributed by atoms with Gasteiger partial charge in [0.1, 0.15) is 0 Å². The average molecular weight is 484 g/mol. The third kappa shape index (κ3) is 4.62. The quantitative estimate of drug-likeness (QED) is 0.259. The Morgan fingerprint density at radius 1 is 1.18 bits per heavy atom. The second-order valence-corrected chi connectivity index (χ2v) is 9.36. The zero-order valence-electron chi connectivity index (χ0n) is 18.7. The Hall–Kier alpha value is -2.88. The van der Waals surface area contributed by atoms with Gasteiger partial charge in [-0.15, -0.1) is 22.6 Å². The summed E-state index contributed by atoms with van der Waals surface area (Å²) in [6.07, 6.45) is 5.04. The molecule has 0 radical (unpaired) electrons. The number of oxime groups is 1. The predicted octanol–water partition coefficient (Wildman–Crippen LogP) is 4.19. The molecule has 33 heavy (non-hydrogen) atoms. The number of likely N-dealkylation sites (N-methyl/N-ethyl adjacent to an activating group) is 1. The lowest BCUT2D eigenvalue weighted by Crippen LogP contribution is -2.31. The van der Waals surface area contributed by atoms with Crippen LogP contribution in [0.5, 0.6) is 0 Å². The largest absolute Gasteiger partial charge is 0.411 e. The molecule has 172 valence electrons. The van der Waals surface area contributed by atoms with Crippen molar-refractivity contribution in [2.45, 2.75) is 29.4 Å². The monoisotopic (exact) mass is 483 g/mol. The molecule has 1 aromatic carbocycles. The topological polar surface area (TPSA) is 82.1 Å². The van der Waals surface area contributed by atoms with Crippen LogP contribution in [0.3, 0.4) is 0 Å². The van der Waals surface area contributed by atoms with Crippen LogP contribution in [-0.2, 0) is 0 Å². The Labute approximate surface area is 202 Å². The number of hydrogen-bond donors (Lipinski definition) is 1. The molecule has 5 rings (SSSR count). The molecule has 1 fully saturated rings. The van der Waals surface area contributed by atoms with Gasteiger partial charge in [0.25, 0.3) is 0 Å². The minimum absolute atomic E-state index is 0. The van der Waals surface area contributed by atoms with Crippen molar-refractivity contribution in [3.8, 4) is 0 Å². The molecule has 10 heteroatoms. The van der Waals surface area contributed by atoms with Gasteiger partial charge < -0.3 is 15.0 Å². The maximum Gasteiger partial charge on any atom is 0.200 e. The Morgan fingerprint density at radius 3 is 2.79 bits per heavy atom. The molecule has 0 saturated carbocycles. The summed E-state index contributed by atoms with van der Waals surface area (Å²) in [7, 11) is 4.29. The first-order valence-corrected chi connectivity index (χ1v) is 11.4. The number of aromatic nitrogens is 4. The second kappa shape index (κ2) is 9.54. The fourth-order valence-corrected chi connectivity index (χ4v) is 4.91. The number of rotatable bonds is 5. The molecule has 1 N–H and O–H groups in total. The van der Waals surface area contributed by atoms with Crippen molar-refractivity contribution in [3.63, 3.8) is 0 Å². The first-order chi connectivity index (χ1) is 15.5. The molecule has 1 saturated heterocycles. The van der Waals surface area contributed by atoms with E-state index in [1.807, 2.05) is 35.0 Å². The Morgan fingerprint density at radius 2 is 2.03 bits per heavy atom. The summed E-state index contributed by atoms with van der Waals surface area (Å²) < 4.78 is 1.92. The van der Waals surface area contributed by atoms with Crippen molar-refractivity contribution in [1.82, 2.24) is 24.5 Å². The molecule has 1 aliphatic heterocycles. The number of nitrogens with zero attached hydrogens (tertiary/aromatic N) is 7. The van der Waals surface area contributed by atoms with Crippen molar-refractivity contribution < 1.29 is 5.21 Å². The zero-order chi connectivity index (χ0) is 22.2. The first kappa shape index (κ1) is 23.3. The summed E-state index contributed by atoms with van der Waals surface area (Å²) in [6, 6.07) is 12.8. The number of fused-ring (bicyclic) bond motifs is 2. The summed E-state index contributed by atoms with van der Waals surface area (Å²) in [5.74, 6) is 0. The molecule has 0 aliphatic carbocycles. The number of hydrogen-bond acceptors (Lipinski definition) is 8. The van der Waals surface area contributed by atoms with Gasteiger partial charge in [-0.2, -0.15) is 0 Å². The third-order valence-corrected chi connectivity index (χ3v) is 7.00. The van der Waals surface area contributed by atoms with Crippen LogP contribution in [0.4, 0.5) is 5.69 Å². The lowest BCUT2D eigenvalue weighted by molar-refractivity contribution is 0.315. The van der Waals surface area contributed by atoms with E-state index in [-0.39, 0.29) is 12.4 Å². The first-order valence-electron chi connectivity index (χ1n) is 10.5. The SMILES string of the molecule is C/C(=N/O)c1ccc2nnc(Sc3ccc4ncc(N5CC[C@H](N(C)C)C5)cc4c3)n2c1.Cl. The highest BCUT2D eigenvalue weighted by molar-refractivity contribution is 7.99. The van der Waals surface area contributed by atoms with Crippen LogP contribution >= 0.6 is 24.2 Å². The van der Waals surface area contributed by atoms with Crippen LogP contribution in [-0.4, -0.2) is 68.6 Å². The predicted molar refractivity (Wildman–Crippen MR) is 134 cm³/mol. The van der Waals surface area contributed by atoms with Crippen molar-refractivity contribution in [1.29, 1.82) is 0 Å². The summed E-state index contributed by atoms with van der Waals surface area (Å²) in [5.41, 5.74) is 4.25. The molecule has 0 unspecified atom stereocenters. The van der Waals surface area contributed by atoms with Gasteiger partial charge >= 0.3 is 0 Å². The van der Waals surface area contributed by atoms with Gasteiger partial charge in [0.15, 0.2) is 10.8 Å². The van der Waals surface area contributed by atoms with Crippen LogP contribution in [0.15, 0.2) is 64.0 Å². The van der Waals surface area contributed by atoms with Crippen molar-refractivity contribution >= 4 is 52.1 Å². The van der Waals surface area contributed by atoms with E-state index in [9.17, 15) is 0 Å². The Balaban J connectivity index is 0.00000259. The van der Waals surface area contributed by atoms with E-state index in [0.29, 0.717) is 11.8 Å². The molecular formula is C23H26ClN7OS. The smallest absolute Gasteiger partial charge is 0.200 e. The van der Waals surface area contributed by atoms with Crippen LogP contribution in [0, 0.1) is 0 Å². The van der Waals surface area contributed by atoms with Crippen molar-refractivity contribution in [2.75, 3.05) is 32.1 Å². The lowest BCUT2D eigenvalue weighted by Gasteiger charge is -2.21. The molecule has 4 aromatic rings. The van der Waals surface area contributed by atoms with E-state index in [1.165, 1.54) is 12.1 Å². The Kier molecular flexibility index (Phi) is 6.73. The van der Waals surface area contributed by atoms with Crippen LogP contribution < -0.4 is 4.90 Å². The fraction of sp³-hybridized carbons (Fsp3) is 0.304. The highest BCUT2D eigenvalue weighted by Crippen LogP contribution is 2.31. The van der Waals surface area contributed by atoms with E-state index in [2.05, 4.69) is 62.4 Å². The molecule has 0 amide bonds.